The van der Waals surface area contributed by atoms with Crippen LogP contribution in [0.1, 0.15) is 21.5 Å². The summed E-state index contributed by atoms with van der Waals surface area (Å²) in [5, 5.41) is 12.8. The second kappa shape index (κ2) is 11.3. The molecule has 0 radical (unpaired) electrons. The molecule has 8 heteroatoms. The molecule has 0 spiro atoms. The van der Waals surface area contributed by atoms with E-state index in [2.05, 4.69) is 26.0 Å². The number of anilines is 1. The third-order valence-corrected chi connectivity index (χ3v) is 5.21. The van der Waals surface area contributed by atoms with E-state index in [9.17, 15) is 14.9 Å². The van der Waals surface area contributed by atoms with Crippen molar-refractivity contribution in [1.29, 1.82) is 5.26 Å². The minimum atomic E-state index is -0.593. The van der Waals surface area contributed by atoms with Crippen LogP contribution >= 0.6 is 27.5 Å². The van der Waals surface area contributed by atoms with Crippen LogP contribution < -0.4 is 10.1 Å². The van der Waals surface area contributed by atoms with Gasteiger partial charge in [0.05, 0.1) is 12.7 Å². The van der Waals surface area contributed by atoms with Crippen molar-refractivity contribution in [3.05, 3.63) is 98.5 Å². The lowest BCUT2D eigenvalue weighted by molar-refractivity contribution is -0.112. The Morgan fingerprint density at radius 2 is 1.88 bits per heavy atom. The maximum Gasteiger partial charge on any atom is 0.337 e. The quantitative estimate of drug-likeness (QED) is 0.232. The van der Waals surface area contributed by atoms with Gasteiger partial charge in [-0.15, -0.1) is 0 Å². The average Bonchev–Trinajstić information content (AvgIpc) is 2.82. The maximum absolute atomic E-state index is 12.7. The fourth-order valence-electron chi connectivity index (χ4n) is 2.86. The summed E-state index contributed by atoms with van der Waals surface area (Å²) in [7, 11) is 1.29. The maximum atomic E-state index is 12.7. The van der Waals surface area contributed by atoms with E-state index in [4.69, 9.17) is 16.3 Å². The number of hydrogen-bond acceptors (Lipinski definition) is 5. The Morgan fingerprint density at radius 3 is 2.55 bits per heavy atom. The van der Waals surface area contributed by atoms with E-state index in [1.807, 2.05) is 18.2 Å². The number of rotatable bonds is 7. The van der Waals surface area contributed by atoms with Crippen molar-refractivity contribution in [2.45, 2.75) is 6.61 Å². The van der Waals surface area contributed by atoms with Crippen LogP contribution in [0.4, 0.5) is 5.69 Å². The lowest BCUT2D eigenvalue weighted by Crippen LogP contribution is -2.13. The molecule has 1 N–H and O–H groups in total. The fraction of sp³-hybridized carbons (Fsp3) is 0.0800. The highest BCUT2D eigenvalue weighted by Crippen LogP contribution is 2.27. The first-order valence-corrected chi connectivity index (χ1v) is 10.8. The lowest BCUT2D eigenvalue weighted by Gasteiger charge is -2.11. The zero-order chi connectivity index (χ0) is 23.8. The van der Waals surface area contributed by atoms with Gasteiger partial charge in [-0.1, -0.05) is 39.7 Å². The van der Waals surface area contributed by atoms with Crippen molar-refractivity contribution in [3.8, 4) is 11.8 Å². The van der Waals surface area contributed by atoms with E-state index < -0.39 is 11.9 Å². The molecule has 0 saturated carbocycles. The van der Waals surface area contributed by atoms with Gasteiger partial charge in [-0.25, -0.2) is 4.79 Å². The molecule has 0 unspecified atom stereocenters. The Hall–Kier alpha value is -3.60. The largest absolute Gasteiger partial charge is 0.488 e. The summed E-state index contributed by atoms with van der Waals surface area (Å²) in [6, 6.07) is 20.7. The Kier molecular flexibility index (Phi) is 8.25. The van der Waals surface area contributed by atoms with Crippen molar-refractivity contribution < 1.29 is 19.1 Å². The fourth-order valence-corrected chi connectivity index (χ4v) is 3.45. The van der Waals surface area contributed by atoms with Crippen molar-refractivity contribution in [2.75, 3.05) is 12.4 Å². The van der Waals surface area contributed by atoms with E-state index in [1.165, 1.54) is 25.3 Å². The third-order valence-electron chi connectivity index (χ3n) is 4.48. The van der Waals surface area contributed by atoms with Crippen LogP contribution in [0.3, 0.4) is 0 Å². The van der Waals surface area contributed by atoms with Gasteiger partial charge in [-0.3, -0.25) is 4.79 Å². The summed E-state index contributed by atoms with van der Waals surface area (Å²) in [5.74, 6) is -0.573. The highest BCUT2D eigenvalue weighted by molar-refractivity contribution is 9.10. The zero-order valence-electron chi connectivity index (χ0n) is 17.5. The zero-order valence-corrected chi connectivity index (χ0v) is 19.8. The van der Waals surface area contributed by atoms with Gasteiger partial charge < -0.3 is 14.8 Å². The monoisotopic (exact) mass is 524 g/mol. The molecule has 33 heavy (non-hydrogen) atoms. The number of nitrogens with zero attached hydrogens (tertiary/aromatic N) is 1. The molecule has 0 saturated heterocycles. The van der Waals surface area contributed by atoms with Crippen molar-refractivity contribution >= 4 is 51.2 Å². The molecule has 0 bridgehead atoms. The van der Waals surface area contributed by atoms with E-state index in [-0.39, 0.29) is 12.2 Å². The van der Waals surface area contributed by atoms with Gasteiger partial charge in [0.2, 0.25) is 0 Å². The van der Waals surface area contributed by atoms with Crippen LogP contribution in [0.5, 0.6) is 5.75 Å². The number of methoxy groups -OCH3 is 1. The van der Waals surface area contributed by atoms with Crippen LogP contribution in [0.15, 0.2) is 76.8 Å². The third kappa shape index (κ3) is 6.69. The number of nitriles is 1. The molecule has 0 fully saturated rings. The molecule has 3 aromatic rings. The summed E-state index contributed by atoms with van der Waals surface area (Å²) in [5.41, 5.74) is 2.11. The van der Waals surface area contributed by atoms with Crippen molar-refractivity contribution in [2.24, 2.45) is 0 Å². The number of hydrogen-bond donors (Lipinski definition) is 1. The molecule has 166 valence electrons. The minimum absolute atomic E-state index is 0.113. The topological polar surface area (TPSA) is 88.4 Å². The van der Waals surface area contributed by atoms with Crippen LogP contribution in [0.2, 0.25) is 5.02 Å². The predicted octanol–water partition coefficient (Wildman–Crippen LogP) is 6.01. The number of nitrogens with one attached hydrogen (secondary N) is 1. The average molecular weight is 526 g/mol. The first-order valence-electron chi connectivity index (χ1n) is 9.68. The number of halogens is 2. The van der Waals surface area contributed by atoms with E-state index in [1.54, 1.807) is 42.5 Å². The second-order valence-corrected chi connectivity index (χ2v) is 8.15. The van der Waals surface area contributed by atoms with Gasteiger partial charge in [0.1, 0.15) is 24.0 Å². The van der Waals surface area contributed by atoms with Crippen molar-refractivity contribution in [3.63, 3.8) is 0 Å². The number of esters is 1. The first-order chi connectivity index (χ1) is 15.9. The summed E-state index contributed by atoms with van der Waals surface area (Å²) in [4.78, 5) is 24.2. The molecule has 0 heterocycles. The molecule has 3 aromatic carbocycles. The lowest BCUT2D eigenvalue weighted by atomic mass is 10.1. The molecule has 0 aromatic heterocycles. The Labute approximate surface area is 204 Å². The highest BCUT2D eigenvalue weighted by Gasteiger charge is 2.13. The minimum Gasteiger partial charge on any atom is -0.488 e. The Morgan fingerprint density at radius 1 is 1.12 bits per heavy atom. The molecule has 0 aliphatic rings. The molecule has 6 nitrogen and oxygen atoms in total. The second-order valence-electron chi connectivity index (χ2n) is 6.79. The molecule has 0 aliphatic heterocycles. The summed E-state index contributed by atoms with van der Waals surface area (Å²) < 4.78 is 11.3. The van der Waals surface area contributed by atoms with E-state index in [0.29, 0.717) is 27.6 Å². The Bertz CT molecular complexity index is 1250. The van der Waals surface area contributed by atoms with Gasteiger partial charge in [0.15, 0.2) is 0 Å². The SMILES string of the molecule is COC(=O)c1ccc(NC(=O)/C(C#N)=C/c2cc(Br)ccc2OCc2cccc(Cl)c2)cc1. The first kappa shape index (κ1) is 24.1. The van der Waals surface area contributed by atoms with Gasteiger partial charge in [-0.05, 0) is 66.2 Å². The van der Waals surface area contributed by atoms with Crippen LogP contribution in [-0.2, 0) is 16.1 Å². The predicted molar refractivity (Wildman–Crippen MR) is 130 cm³/mol. The number of benzene rings is 3. The van der Waals surface area contributed by atoms with E-state index >= 15 is 0 Å². The molecule has 0 aliphatic carbocycles. The van der Waals surface area contributed by atoms with Crippen molar-refractivity contribution in [1.82, 2.24) is 0 Å². The van der Waals surface area contributed by atoms with Gasteiger partial charge in [0, 0.05) is 20.7 Å². The smallest absolute Gasteiger partial charge is 0.337 e. The van der Waals surface area contributed by atoms with Gasteiger partial charge in [-0.2, -0.15) is 5.26 Å². The molecular formula is C25H18BrClN2O4. The highest BCUT2D eigenvalue weighted by atomic mass is 79.9. The molecular weight excluding hydrogens is 508 g/mol. The number of ether oxygens (including phenoxy) is 2. The molecule has 1 amide bonds. The Balaban J connectivity index is 1.79. The van der Waals surface area contributed by atoms with Crippen LogP contribution in [-0.4, -0.2) is 19.0 Å². The van der Waals surface area contributed by atoms with Gasteiger partial charge in [0.25, 0.3) is 5.91 Å². The van der Waals surface area contributed by atoms with Crippen LogP contribution in [0.25, 0.3) is 6.08 Å². The standard InChI is InChI=1S/C25H18BrClN2O4/c1-32-25(31)17-5-8-22(9-6-17)29-24(30)19(14-28)12-18-13-20(26)7-10-23(18)33-15-16-3-2-4-21(27)11-16/h2-13H,15H2,1H3,(H,29,30)/b19-12+. The van der Waals surface area contributed by atoms with Gasteiger partial charge >= 0.3 is 5.97 Å². The molecule has 0 atom stereocenters. The number of amides is 1. The number of carbonyl (C=O) groups is 2. The van der Waals surface area contributed by atoms with E-state index in [0.717, 1.165) is 10.0 Å². The van der Waals surface area contributed by atoms with Crippen LogP contribution in [0, 0.1) is 11.3 Å². The molecule has 3 rings (SSSR count). The normalized spacial score (nSPS) is 10.8. The summed E-state index contributed by atoms with van der Waals surface area (Å²) in [6.45, 7) is 0.268. The summed E-state index contributed by atoms with van der Waals surface area (Å²) >= 11 is 9.43. The number of carbonyl (C=O) groups excluding carboxylic acids is 2. The summed E-state index contributed by atoms with van der Waals surface area (Å²) in [6.07, 6.45) is 1.45.